The molecule has 0 aromatic carbocycles. The van der Waals surface area contributed by atoms with Crippen molar-refractivity contribution in [2.75, 3.05) is 0 Å². The predicted molar refractivity (Wildman–Crippen MR) is 96.2 cm³/mol. The van der Waals surface area contributed by atoms with E-state index in [0.717, 1.165) is 24.7 Å². The zero-order chi connectivity index (χ0) is 19.8. The van der Waals surface area contributed by atoms with Gasteiger partial charge < -0.3 is 25.2 Å². The highest BCUT2D eigenvalue weighted by molar-refractivity contribution is 6.02. The summed E-state index contributed by atoms with van der Waals surface area (Å²) >= 11 is 0. The van der Waals surface area contributed by atoms with Crippen LogP contribution < -0.4 is 0 Å². The molecule has 3 unspecified atom stereocenters. The van der Waals surface area contributed by atoms with Gasteiger partial charge in [-0.2, -0.15) is 0 Å². The number of aliphatic hydroxyl groups is 4. The van der Waals surface area contributed by atoms with Crippen molar-refractivity contribution < 1.29 is 30.0 Å². The van der Waals surface area contributed by atoms with Gasteiger partial charge in [-0.15, -0.1) is 0 Å². The van der Waals surface area contributed by atoms with Gasteiger partial charge in [0, 0.05) is 5.41 Å². The summed E-state index contributed by atoms with van der Waals surface area (Å²) in [5.74, 6) is -0.690. The van der Waals surface area contributed by atoms with Crippen LogP contribution in [0.2, 0.25) is 0 Å². The lowest BCUT2D eigenvalue weighted by Crippen LogP contribution is -2.62. The molecule has 150 valence electrons. The van der Waals surface area contributed by atoms with E-state index in [0.29, 0.717) is 19.3 Å². The van der Waals surface area contributed by atoms with Gasteiger partial charge in [0.1, 0.15) is 11.9 Å². The first-order chi connectivity index (χ1) is 12.6. The number of rotatable bonds is 2. The summed E-state index contributed by atoms with van der Waals surface area (Å²) < 4.78 is 0. The third-order valence-electron chi connectivity index (χ3n) is 8.80. The average molecular weight is 378 g/mol. The number of carbonyl (C=O) groups excluding carboxylic acids is 2. The molecule has 4 aliphatic rings. The first-order valence-corrected chi connectivity index (χ1v) is 10.1. The monoisotopic (exact) mass is 378 g/mol. The molecular formula is C21H30O6. The van der Waals surface area contributed by atoms with Crippen LogP contribution in [0.25, 0.3) is 0 Å². The van der Waals surface area contributed by atoms with E-state index in [9.17, 15) is 30.0 Å². The van der Waals surface area contributed by atoms with Crippen LogP contribution in [0.1, 0.15) is 52.4 Å². The topological polar surface area (TPSA) is 115 Å². The quantitative estimate of drug-likeness (QED) is 0.323. The maximum Gasteiger partial charge on any atom is 0.181 e. The minimum absolute atomic E-state index is 0.0726. The molecule has 4 aliphatic carbocycles. The van der Waals surface area contributed by atoms with Gasteiger partial charge in [0.25, 0.3) is 0 Å². The van der Waals surface area contributed by atoms with E-state index >= 15 is 0 Å². The molecule has 6 heteroatoms. The van der Waals surface area contributed by atoms with Crippen LogP contribution in [0.3, 0.4) is 0 Å². The predicted octanol–water partition coefficient (Wildman–Crippen LogP) is 0.956. The van der Waals surface area contributed by atoms with Crippen LogP contribution in [0.5, 0.6) is 0 Å². The van der Waals surface area contributed by atoms with Crippen molar-refractivity contribution in [2.45, 2.75) is 70.4 Å². The Morgan fingerprint density at radius 1 is 1.22 bits per heavy atom. The molecule has 4 rings (SSSR count). The van der Waals surface area contributed by atoms with Gasteiger partial charge in [0.2, 0.25) is 0 Å². The van der Waals surface area contributed by atoms with E-state index in [2.05, 4.69) is 6.92 Å². The van der Waals surface area contributed by atoms with Crippen LogP contribution in [0.15, 0.2) is 11.6 Å². The fraction of sp³-hybridized carbons (Fsp3) is 0.810. The normalized spacial score (nSPS) is 52.0. The molecule has 3 saturated carbocycles. The number of aliphatic hydroxyl groups excluding tert-OH is 2. The fourth-order valence-electron chi connectivity index (χ4n) is 7.39. The second-order valence-electron chi connectivity index (χ2n) is 9.80. The highest BCUT2D eigenvalue weighted by atomic mass is 16.5. The average Bonchev–Trinajstić information content (AvgIpc) is 2.87. The standard InChI is InChI=1S/C21H30O6/c1-19-8-11(10-22)15(23)7-12(19)3-4-13-14-5-6-21(27,18(25)26)20(14,2)9-16(24)17(13)19/h7,10-11,13-14,16-18,24-27H,3-6,8-9H2,1-2H3/t11?,13-,14?,16-,17?,19-,20-,21-/m0/s1. The van der Waals surface area contributed by atoms with Crippen molar-refractivity contribution in [3.8, 4) is 0 Å². The lowest BCUT2D eigenvalue weighted by atomic mass is 9.45. The Morgan fingerprint density at radius 3 is 2.56 bits per heavy atom. The summed E-state index contributed by atoms with van der Waals surface area (Å²) in [5.41, 5.74) is -1.77. The van der Waals surface area contributed by atoms with Gasteiger partial charge in [0.05, 0.1) is 12.0 Å². The van der Waals surface area contributed by atoms with Crippen LogP contribution in [0, 0.1) is 34.5 Å². The molecule has 8 atom stereocenters. The maximum absolute atomic E-state index is 12.2. The highest BCUT2D eigenvalue weighted by Crippen LogP contribution is 2.68. The summed E-state index contributed by atoms with van der Waals surface area (Å²) in [7, 11) is 0. The van der Waals surface area contributed by atoms with Crippen LogP contribution in [-0.2, 0) is 9.59 Å². The Labute approximate surface area is 159 Å². The summed E-state index contributed by atoms with van der Waals surface area (Å²) in [6.07, 6.45) is 3.04. The lowest BCUT2D eigenvalue weighted by molar-refractivity contribution is -0.252. The van der Waals surface area contributed by atoms with E-state index in [4.69, 9.17) is 0 Å². The van der Waals surface area contributed by atoms with Crippen LogP contribution in [-0.4, -0.2) is 50.5 Å². The summed E-state index contributed by atoms with van der Waals surface area (Å²) in [6, 6.07) is 0. The van der Waals surface area contributed by atoms with Crippen molar-refractivity contribution in [3.05, 3.63) is 11.6 Å². The zero-order valence-corrected chi connectivity index (χ0v) is 16.0. The maximum atomic E-state index is 12.2. The van der Waals surface area contributed by atoms with Gasteiger partial charge in [0.15, 0.2) is 12.1 Å². The van der Waals surface area contributed by atoms with Crippen LogP contribution >= 0.6 is 0 Å². The molecule has 4 N–H and O–H groups in total. The molecule has 0 aromatic rings. The molecule has 0 saturated heterocycles. The van der Waals surface area contributed by atoms with Gasteiger partial charge in [-0.1, -0.05) is 19.4 Å². The second kappa shape index (κ2) is 5.96. The van der Waals surface area contributed by atoms with Crippen molar-refractivity contribution in [1.29, 1.82) is 0 Å². The molecule has 0 heterocycles. The molecule has 27 heavy (non-hydrogen) atoms. The number of hydrogen-bond acceptors (Lipinski definition) is 6. The van der Waals surface area contributed by atoms with Gasteiger partial charge in [-0.25, -0.2) is 0 Å². The molecule has 0 bridgehead atoms. The largest absolute Gasteiger partial charge is 0.393 e. The Balaban J connectivity index is 1.75. The van der Waals surface area contributed by atoms with Gasteiger partial charge >= 0.3 is 0 Å². The molecule has 0 aliphatic heterocycles. The minimum atomic E-state index is -1.84. The van der Waals surface area contributed by atoms with E-state index in [1.54, 1.807) is 6.08 Å². The number of hydrogen-bond donors (Lipinski definition) is 4. The Morgan fingerprint density at radius 2 is 1.93 bits per heavy atom. The third kappa shape index (κ3) is 2.33. The number of fused-ring (bicyclic) bond motifs is 5. The highest BCUT2D eigenvalue weighted by Gasteiger charge is 2.68. The number of aldehydes is 1. The molecule has 0 aromatic heterocycles. The lowest BCUT2D eigenvalue weighted by Gasteiger charge is -2.61. The molecule has 0 spiro atoms. The second-order valence-corrected chi connectivity index (χ2v) is 9.80. The van der Waals surface area contributed by atoms with E-state index < -0.39 is 34.7 Å². The first-order valence-electron chi connectivity index (χ1n) is 10.1. The smallest absolute Gasteiger partial charge is 0.181 e. The van der Waals surface area contributed by atoms with Gasteiger partial charge in [-0.05, 0) is 67.8 Å². The summed E-state index contributed by atoms with van der Waals surface area (Å²) in [5, 5.41) is 42.0. The Hall–Kier alpha value is -1.08. The molecule has 6 nitrogen and oxygen atoms in total. The summed E-state index contributed by atoms with van der Waals surface area (Å²) in [6.45, 7) is 3.93. The van der Waals surface area contributed by atoms with Crippen molar-refractivity contribution >= 4 is 12.1 Å². The van der Waals surface area contributed by atoms with Crippen molar-refractivity contribution in [1.82, 2.24) is 0 Å². The van der Waals surface area contributed by atoms with Crippen molar-refractivity contribution in [3.63, 3.8) is 0 Å². The van der Waals surface area contributed by atoms with Gasteiger partial charge in [-0.3, -0.25) is 4.79 Å². The number of allylic oxidation sites excluding steroid dienone is 1. The Bertz CT molecular complexity index is 701. The number of ketones is 1. The van der Waals surface area contributed by atoms with Crippen molar-refractivity contribution in [2.24, 2.45) is 34.5 Å². The minimum Gasteiger partial charge on any atom is -0.393 e. The molecule has 3 fully saturated rings. The Kier molecular flexibility index (Phi) is 4.25. The molecule has 0 radical (unpaired) electrons. The summed E-state index contributed by atoms with van der Waals surface area (Å²) in [4.78, 5) is 23.6. The molecular weight excluding hydrogens is 348 g/mol. The number of carbonyl (C=O) groups is 2. The van der Waals surface area contributed by atoms with E-state index in [-0.39, 0.29) is 30.0 Å². The van der Waals surface area contributed by atoms with E-state index in [1.165, 1.54) is 0 Å². The van der Waals surface area contributed by atoms with E-state index in [1.807, 2.05) is 6.92 Å². The van der Waals surface area contributed by atoms with Crippen LogP contribution in [0.4, 0.5) is 0 Å². The SMILES string of the molecule is C[C@]12CC(C=O)C(=O)C=C1CC[C@@H]1C2[C@@H](O)C[C@@]2(C)C1CC[C@]2(O)C(O)O. The molecule has 0 amide bonds. The first kappa shape index (κ1) is 19.2. The third-order valence-corrected chi connectivity index (χ3v) is 8.80. The zero-order valence-electron chi connectivity index (χ0n) is 16.0. The fourth-order valence-corrected chi connectivity index (χ4v) is 7.39.